The molecule has 1 saturated heterocycles. The van der Waals surface area contributed by atoms with Crippen LogP contribution in [-0.2, 0) is 19.1 Å². The number of methoxy groups -OCH3 is 1. The van der Waals surface area contributed by atoms with E-state index in [0.717, 1.165) is 41.4 Å². The Bertz CT molecular complexity index is 903. The van der Waals surface area contributed by atoms with Gasteiger partial charge in [0.1, 0.15) is 18.3 Å². The number of Topliss-reactive ketones (excluding diaryl/α,β-unsaturated/α-hetero) is 1. The lowest BCUT2D eigenvalue weighted by molar-refractivity contribution is -0.151. The Hall–Kier alpha value is -2.12. The highest BCUT2D eigenvalue weighted by Gasteiger charge is 2.45. The third-order valence-corrected chi connectivity index (χ3v) is 6.50. The van der Waals surface area contributed by atoms with Crippen molar-refractivity contribution >= 4 is 27.7 Å². The van der Waals surface area contributed by atoms with Gasteiger partial charge in [-0.15, -0.1) is 0 Å². The van der Waals surface area contributed by atoms with Gasteiger partial charge in [0, 0.05) is 45.9 Å². The molecule has 1 fully saturated rings. The smallest absolute Gasteiger partial charge is 0.315 e. The Kier molecular flexibility index (Phi) is 6.29. The summed E-state index contributed by atoms with van der Waals surface area (Å²) in [7, 11) is 1.59. The first kappa shape index (κ1) is 21.1. The molecule has 0 amide bonds. The van der Waals surface area contributed by atoms with Gasteiger partial charge in [0.2, 0.25) is 0 Å². The maximum absolute atomic E-state index is 13.2. The molecular formula is C23H26BrNO5. The van der Waals surface area contributed by atoms with E-state index in [-0.39, 0.29) is 18.5 Å². The number of carbonyl (C=O) groups is 2. The maximum atomic E-state index is 13.2. The lowest BCUT2D eigenvalue weighted by atomic mass is 9.71. The van der Waals surface area contributed by atoms with Gasteiger partial charge in [-0.1, -0.05) is 22.5 Å². The fraction of sp³-hybridized carbons (Fsp3) is 0.478. The molecule has 2 heterocycles. The zero-order valence-corrected chi connectivity index (χ0v) is 18.6. The van der Waals surface area contributed by atoms with Crippen molar-refractivity contribution in [2.45, 2.75) is 44.1 Å². The van der Waals surface area contributed by atoms with E-state index in [1.165, 1.54) is 0 Å². The summed E-state index contributed by atoms with van der Waals surface area (Å²) < 4.78 is 17.7. The third-order valence-electron chi connectivity index (χ3n) is 6.00. The highest BCUT2D eigenvalue weighted by atomic mass is 79.9. The SMILES string of the molecule is C=C1NC2=C(C(=O)CCC2)C(c2cc(Br)ccc2OC)C1C(=O)OCC1CCCO1. The van der Waals surface area contributed by atoms with Gasteiger partial charge in [0.05, 0.1) is 13.2 Å². The molecule has 3 atom stereocenters. The van der Waals surface area contributed by atoms with E-state index in [9.17, 15) is 9.59 Å². The number of carbonyl (C=O) groups excluding carboxylic acids is 2. The van der Waals surface area contributed by atoms with Crippen molar-refractivity contribution in [3.8, 4) is 5.75 Å². The largest absolute Gasteiger partial charge is 0.496 e. The zero-order chi connectivity index (χ0) is 21.3. The highest BCUT2D eigenvalue weighted by molar-refractivity contribution is 9.10. The second-order valence-corrected chi connectivity index (χ2v) is 8.84. The normalized spacial score (nSPS) is 26.3. The Morgan fingerprint density at radius 3 is 2.90 bits per heavy atom. The molecule has 0 aromatic heterocycles. The molecule has 160 valence electrons. The van der Waals surface area contributed by atoms with E-state index in [4.69, 9.17) is 14.2 Å². The predicted octanol–water partition coefficient (Wildman–Crippen LogP) is 4.00. The number of hydrogen-bond donors (Lipinski definition) is 1. The van der Waals surface area contributed by atoms with Crippen molar-refractivity contribution in [1.82, 2.24) is 5.32 Å². The van der Waals surface area contributed by atoms with E-state index < -0.39 is 17.8 Å². The molecule has 0 radical (unpaired) electrons. The molecule has 7 heteroatoms. The molecule has 2 aliphatic heterocycles. The Morgan fingerprint density at radius 1 is 1.33 bits per heavy atom. The number of ether oxygens (including phenoxy) is 3. The quantitative estimate of drug-likeness (QED) is 0.648. The lowest BCUT2D eigenvalue weighted by Gasteiger charge is -2.38. The van der Waals surface area contributed by atoms with Crippen molar-refractivity contribution in [2.24, 2.45) is 5.92 Å². The van der Waals surface area contributed by atoms with E-state index in [1.807, 2.05) is 18.2 Å². The third kappa shape index (κ3) is 4.05. The molecule has 1 aliphatic carbocycles. The molecule has 3 aliphatic rings. The van der Waals surface area contributed by atoms with Gasteiger partial charge < -0.3 is 19.5 Å². The number of hydrogen-bond acceptors (Lipinski definition) is 6. The Labute approximate surface area is 184 Å². The number of nitrogens with one attached hydrogen (secondary N) is 1. The van der Waals surface area contributed by atoms with Crippen molar-refractivity contribution in [2.75, 3.05) is 20.3 Å². The van der Waals surface area contributed by atoms with Crippen LogP contribution in [0, 0.1) is 5.92 Å². The number of allylic oxidation sites excluding steroid dienone is 2. The van der Waals surface area contributed by atoms with Crippen LogP contribution >= 0.6 is 15.9 Å². The molecule has 3 unspecified atom stereocenters. The zero-order valence-electron chi connectivity index (χ0n) is 17.0. The molecular weight excluding hydrogens is 450 g/mol. The lowest BCUT2D eigenvalue weighted by Crippen LogP contribution is -2.41. The van der Waals surface area contributed by atoms with Crippen molar-refractivity contribution in [1.29, 1.82) is 0 Å². The Balaban J connectivity index is 1.74. The summed E-state index contributed by atoms with van der Waals surface area (Å²) in [6.45, 7) is 5.04. The van der Waals surface area contributed by atoms with Crippen molar-refractivity contribution < 1.29 is 23.8 Å². The van der Waals surface area contributed by atoms with Crippen LogP contribution < -0.4 is 10.1 Å². The van der Waals surface area contributed by atoms with Gasteiger partial charge in [0.25, 0.3) is 0 Å². The molecule has 30 heavy (non-hydrogen) atoms. The van der Waals surface area contributed by atoms with Gasteiger partial charge in [-0.25, -0.2) is 0 Å². The average Bonchev–Trinajstić information content (AvgIpc) is 3.25. The summed E-state index contributed by atoms with van der Waals surface area (Å²) in [5.41, 5.74) is 2.82. The van der Waals surface area contributed by atoms with E-state index in [0.29, 0.717) is 30.0 Å². The molecule has 0 saturated carbocycles. The Morgan fingerprint density at radius 2 is 2.17 bits per heavy atom. The minimum Gasteiger partial charge on any atom is -0.496 e. The molecule has 0 bridgehead atoms. The average molecular weight is 476 g/mol. The molecule has 1 aromatic carbocycles. The van der Waals surface area contributed by atoms with Crippen LogP contribution in [0.5, 0.6) is 5.75 Å². The highest BCUT2D eigenvalue weighted by Crippen LogP contribution is 2.47. The van der Waals surface area contributed by atoms with Gasteiger partial charge in [-0.05, 0) is 43.9 Å². The summed E-state index contributed by atoms with van der Waals surface area (Å²) in [5.74, 6) is -0.957. The number of benzene rings is 1. The summed E-state index contributed by atoms with van der Waals surface area (Å²) in [5, 5.41) is 3.24. The van der Waals surface area contributed by atoms with E-state index in [2.05, 4.69) is 27.8 Å². The van der Waals surface area contributed by atoms with E-state index >= 15 is 0 Å². The number of rotatable bonds is 5. The topological polar surface area (TPSA) is 73.9 Å². The first-order chi connectivity index (χ1) is 14.5. The number of esters is 1. The second kappa shape index (κ2) is 8.94. The maximum Gasteiger partial charge on any atom is 0.315 e. The molecule has 0 spiro atoms. The molecule has 1 N–H and O–H groups in total. The molecule has 1 aromatic rings. The van der Waals surface area contributed by atoms with Gasteiger partial charge in [-0.3, -0.25) is 9.59 Å². The minimum atomic E-state index is -0.726. The van der Waals surface area contributed by atoms with Crippen LogP contribution in [0.4, 0.5) is 0 Å². The summed E-state index contributed by atoms with van der Waals surface area (Å²) >= 11 is 3.52. The van der Waals surface area contributed by atoms with Crippen LogP contribution in [0.1, 0.15) is 43.6 Å². The minimum absolute atomic E-state index is 0.0557. The summed E-state index contributed by atoms with van der Waals surface area (Å²) in [4.78, 5) is 26.2. The van der Waals surface area contributed by atoms with Gasteiger partial charge in [0.15, 0.2) is 5.78 Å². The standard InChI is InChI=1S/C23H26BrNO5/c1-13-20(23(27)30-12-15-5-4-10-29-15)21(16-11-14(24)8-9-19(16)28-2)22-17(25-13)6-3-7-18(22)26/h8-9,11,15,20-21,25H,1,3-7,10,12H2,2H3. The predicted molar refractivity (Wildman–Crippen MR) is 115 cm³/mol. The van der Waals surface area contributed by atoms with Crippen LogP contribution in [0.15, 0.2) is 46.2 Å². The van der Waals surface area contributed by atoms with Crippen molar-refractivity contribution in [3.05, 3.63) is 51.8 Å². The monoisotopic (exact) mass is 475 g/mol. The van der Waals surface area contributed by atoms with E-state index in [1.54, 1.807) is 7.11 Å². The fourth-order valence-electron chi connectivity index (χ4n) is 4.60. The molecule has 6 nitrogen and oxygen atoms in total. The molecule has 4 rings (SSSR count). The van der Waals surface area contributed by atoms with Crippen LogP contribution in [-0.4, -0.2) is 38.2 Å². The number of ketones is 1. The summed E-state index contributed by atoms with van der Waals surface area (Å²) in [6, 6.07) is 5.63. The first-order valence-electron chi connectivity index (χ1n) is 10.3. The van der Waals surface area contributed by atoms with Crippen molar-refractivity contribution in [3.63, 3.8) is 0 Å². The first-order valence-corrected chi connectivity index (χ1v) is 11.1. The fourth-order valence-corrected chi connectivity index (χ4v) is 4.97. The van der Waals surface area contributed by atoms with Crippen LogP contribution in [0.3, 0.4) is 0 Å². The van der Waals surface area contributed by atoms with Crippen LogP contribution in [0.2, 0.25) is 0 Å². The summed E-state index contributed by atoms with van der Waals surface area (Å²) in [6.07, 6.45) is 3.80. The van der Waals surface area contributed by atoms with Crippen LogP contribution in [0.25, 0.3) is 0 Å². The van der Waals surface area contributed by atoms with Gasteiger partial charge in [-0.2, -0.15) is 0 Å². The second-order valence-electron chi connectivity index (χ2n) is 7.93. The van der Waals surface area contributed by atoms with Gasteiger partial charge >= 0.3 is 5.97 Å². The number of halogens is 1.